The molecule has 0 radical (unpaired) electrons. The highest BCUT2D eigenvalue weighted by atomic mass is 32.2. The molecule has 2 aliphatic rings. The number of carbonyl (C=O) groups excluding carboxylic acids is 1. The zero-order chi connectivity index (χ0) is 18.0. The summed E-state index contributed by atoms with van der Waals surface area (Å²) < 4.78 is 6.39. The average Bonchev–Trinajstić information content (AvgIpc) is 3.00. The van der Waals surface area contributed by atoms with Crippen LogP contribution in [0.5, 0.6) is 0 Å². The van der Waals surface area contributed by atoms with Crippen molar-refractivity contribution in [1.29, 1.82) is 0 Å². The van der Waals surface area contributed by atoms with E-state index in [9.17, 15) is 9.59 Å². The minimum atomic E-state index is -0.785. The van der Waals surface area contributed by atoms with Crippen molar-refractivity contribution in [3.63, 3.8) is 0 Å². The van der Waals surface area contributed by atoms with Gasteiger partial charge in [0.2, 0.25) is 0 Å². The molecule has 25 heavy (non-hydrogen) atoms. The van der Waals surface area contributed by atoms with Crippen LogP contribution in [0.25, 0.3) is 6.08 Å². The molecule has 0 aromatic carbocycles. The summed E-state index contributed by atoms with van der Waals surface area (Å²) >= 11 is 6.60. The van der Waals surface area contributed by atoms with Gasteiger partial charge in [-0.15, -0.1) is 0 Å². The maximum absolute atomic E-state index is 12.5. The highest BCUT2D eigenvalue weighted by Crippen LogP contribution is 2.47. The zero-order valence-corrected chi connectivity index (χ0v) is 15.7. The van der Waals surface area contributed by atoms with Gasteiger partial charge < -0.3 is 9.52 Å². The number of hydrogen-bond donors (Lipinski definition) is 1. The van der Waals surface area contributed by atoms with Crippen LogP contribution in [0.4, 0.5) is 0 Å². The van der Waals surface area contributed by atoms with Crippen LogP contribution in [0, 0.1) is 5.92 Å². The van der Waals surface area contributed by atoms with Crippen molar-refractivity contribution in [3.8, 4) is 0 Å². The summed E-state index contributed by atoms with van der Waals surface area (Å²) in [4.78, 5) is 25.2. The highest BCUT2D eigenvalue weighted by Gasteiger charge is 2.37. The Balaban J connectivity index is 1.55. The number of carboxylic acids is 1. The number of furan rings is 1. The predicted octanol–water partition coefficient (Wildman–Crippen LogP) is 4.25. The van der Waals surface area contributed by atoms with Gasteiger partial charge in [0.25, 0.3) is 5.91 Å². The second-order valence-electron chi connectivity index (χ2n) is 6.60. The number of thiocarbonyl (C=S) groups is 1. The lowest BCUT2D eigenvalue weighted by molar-refractivity contribution is -0.137. The molecule has 1 saturated heterocycles. The van der Waals surface area contributed by atoms with Crippen LogP contribution in [0.3, 0.4) is 0 Å². The van der Waals surface area contributed by atoms with E-state index in [1.165, 1.54) is 11.8 Å². The van der Waals surface area contributed by atoms with Crippen LogP contribution in [0.15, 0.2) is 21.5 Å². The number of thioether (sulfide) groups is 1. The predicted molar refractivity (Wildman–Crippen MR) is 101 cm³/mol. The van der Waals surface area contributed by atoms with Crippen molar-refractivity contribution in [2.24, 2.45) is 5.92 Å². The van der Waals surface area contributed by atoms with Crippen molar-refractivity contribution in [2.75, 3.05) is 6.54 Å². The quantitative estimate of drug-likeness (QED) is 0.414. The minimum absolute atomic E-state index is 0.0917. The fourth-order valence-corrected chi connectivity index (χ4v) is 4.20. The normalized spacial score (nSPS) is 24.4. The fraction of sp³-hybridized carbons (Fsp3) is 0.500. The van der Waals surface area contributed by atoms with Crippen molar-refractivity contribution in [2.45, 2.75) is 44.9 Å². The molecule has 0 spiro atoms. The smallest absolute Gasteiger partial charge is 0.303 e. The van der Waals surface area contributed by atoms with Crippen molar-refractivity contribution in [1.82, 2.24) is 4.90 Å². The number of carbonyl (C=O) groups is 2. The van der Waals surface area contributed by atoms with Gasteiger partial charge in [0.1, 0.15) is 15.8 Å². The number of rotatable bonds is 8. The lowest BCUT2D eigenvalue weighted by atomic mass is 10.2. The zero-order valence-electron chi connectivity index (χ0n) is 14.1. The van der Waals surface area contributed by atoms with Gasteiger partial charge in [-0.3, -0.25) is 14.5 Å². The Morgan fingerprint density at radius 1 is 1.44 bits per heavy atom. The van der Waals surface area contributed by atoms with E-state index in [1.807, 2.05) is 12.1 Å². The van der Waals surface area contributed by atoms with E-state index in [1.54, 1.807) is 11.0 Å². The van der Waals surface area contributed by atoms with Gasteiger partial charge in [-0.2, -0.15) is 0 Å². The van der Waals surface area contributed by atoms with Crippen LogP contribution in [-0.4, -0.2) is 32.7 Å². The summed E-state index contributed by atoms with van der Waals surface area (Å²) in [6, 6.07) is 3.89. The van der Waals surface area contributed by atoms with E-state index in [2.05, 4.69) is 6.92 Å². The third-order valence-corrected chi connectivity index (χ3v) is 5.92. The topological polar surface area (TPSA) is 70.8 Å². The molecule has 2 heterocycles. The van der Waals surface area contributed by atoms with Crippen molar-refractivity contribution >= 4 is 46.3 Å². The molecule has 1 aliphatic heterocycles. The molecule has 1 aromatic heterocycles. The fourth-order valence-electron chi connectivity index (χ4n) is 2.91. The van der Waals surface area contributed by atoms with Crippen LogP contribution < -0.4 is 0 Å². The van der Waals surface area contributed by atoms with E-state index in [0.29, 0.717) is 39.8 Å². The van der Waals surface area contributed by atoms with Crippen LogP contribution in [-0.2, 0) is 9.59 Å². The summed E-state index contributed by atoms with van der Waals surface area (Å²) in [6.07, 6.45) is 5.23. The Bertz CT molecular complexity index is 724. The van der Waals surface area contributed by atoms with Crippen molar-refractivity contribution in [3.05, 3.63) is 28.6 Å². The first-order valence-electron chi connectivity index (χ1n) is 8.52. The van der Waals surface area contributed by atoms with Gasteiger partial charge in [-0.05, 0) is 37.3 Å². The summed E-state index contributed by atoms with van der Waals surface area (Å²) in [5, 5.41) is 8.63. The highest BCUT2D eigenvalue weighted by molar-refractivity contribution is 8.26. The second-order valence-corrected chi connectivity index (χ2v) is 8.27. The Morgan fingerprint density at radius 2 is 2.20 bits per heavy atom. The summed E-state index contributed by atoms with van der Waals surface area (Å²) in [5.74, 6) is 2.00. The molecule has 5 nitrogen and oxygen atoms in total. The average molecular weight is 380 g/mol. The maximum atomic E-state index is 12.5. The number of hydrogen-bond acceptors (Lipinski definition) is 5. The summed E-state index contributed by atoms with van der Waals surface area (Å²) in [6.45, 7) is 2.74. The molecule has 1 aliphatic carbocycles. The maximum Gasteiger partial charge on any atom is 0.303 e. The molecule has 3 rings (SSSR count). The van der Waals surface area contributed by atoms with Gasteiger partial charge in [-0.25, -0.2) is 0 Å². The molecule has 2 fully saturated rings. The summed E-state index contributed by atoms with van der Waals surface area (Å²) in [5.41, 5.74) is 0. The van der Waals surface area contributed by atoms with Gasteiger partial charge in [0.15, 0.2) is 0 Å². The minimum Gasteiger partial charge on any atom is -0.481 e. The van der Waals surface area contributed by atoms with Gasteiger partial charge >= 0.3 is 5.97 Å². The van der Waals surface area contributed by atoms with Crippen molar-refractivity contribution < 1.29 is 19.1 Å². The van der Waals surface area contributed by atoms with Crippen LogP contribution >= 0.6 is 24.0 Å². The molecule has 1 aromatic rings. The molecular formula is C18H21NO4S2. The first-order chi connectivity index (χ1) is 12.0. The van der Waals surface area contributed by atoms with Gasteiger partial charge in [0, 0.05) is 25.0 Å². The van der Waals surface area contributed by atoms with Gasteiger partial charge in [-0.1, -0.05) is 37.3 Å². The Labute approximate surface area is 156 Å². The lowest BCUT2D eigenvalue weighted by Crippen LogP contribution is -2.29. The molecule has 2 atom stereocenters. The molecule has 1 saturated carbocycles. The van der Waals surface area contributed by atoms with E-state index in [0.717, 1.165) is 25.0 Å². The number of nitrogens with zero attached hydrogens (tertiary/aromatic N) is 1. The first kappa shape index (κ1) is 18.2. The molecule has 1 amide bonds. The van der Waals surface area contributed by atoms with Crippen LogP contribution in [0.1, 0.15) is 56.5 Å². The van der Waals surface area contributed by atoms with E-state index < -0.39 is 5.97 Å². The first-order valence-corrected chi connectivity index (χ1v) is 9.75. The Morgan fingerprint density at radius 3 is 2.88 bits per heavy atom. The van der Waals surface area contributed by atoms with Gasteiger partial charge in [0.05, 0.1) is 4.91 Å². The number of amides is 1. The lowest BCUT2D eigenvalue weighted by Gasteiger charge is -2.13. The third kappa shape index (κ3) is 4.52. The molecule has 1 N–H and O–H groups in total. The Hall–Kier alpha value is -1.60. The Kier molecular flexibility index (Phi) is 5.64. The summed E-state index contributed by atoms with van der Waals surface area (Å²) in [7, 11) is 0. The second kappa shape index (κ2) is 7.74. The van der Waals surface area contributed by atoms with E-state index in [-0.39, 0.29) is 12.3 Å². The third-order valence-electron chi connectivity index (χ3n) is 4.54. The SMILES string of the molecule is C[C@H]1C[C@H]1c1ccc(/C=C2\SC(=S)N(CCCCCC(=O)O)C2=O)o1. The molecule has 7 heteroatoms. The number of aliphatic carboxylic acids is 1. The van der Waals surface area contributed by atoms with Crippen LogP contribution in [0.2, 0.25) is 0 Å². The molecule has 0 bridgehead atoms. The standard InChI is InChI=1S/C18H21NO4S2/c1-11-9-13(11)14-7-6-12(23-14)10-15-17(22)19(18(24)25-15)8-4-2-3-5-16(20)21/h6-7,10-11,13H,2-5,8-9H2,1H3,(H,20,21)/b15-10-/t11-,13+/m0/s1. The van der Waals surface area contributed by atoms with E-state index in [4.69, 9.17) is 21.7 Å². The number of unbranched alkanes of at least 4 members (excludes halogenated alkanes) is 2. The number of carboxylic acid groups (broad SMARTS) is 1. The van der Waals surface area contributed by atoms with E-state index >= 15 is 0 Å². The largest absolute Gasteiger partial charge is 0.481 e. The molecule has 0 unspecified atom stereocenters. The monoisotopic (exact) mass is 379 g/mol. The molecular weight excluding hydrogens is 358 g/mol. The molecule has 134 valence electrons.